The standard InChI is InChI=1S/C17H25NO2/c1-17(2,15-6-4-3-5-7-15)14-20-13-12-18-10-8-16(19)9-11-18/h3-7H,8-14H2,1-2H3. The number of carbonyl (C=O) groups is 1. The van der Waals surface area contributed by atoms with Crippen molar-refractivity contribution in [1.29, 1.82) is 0 Å². The number of Topliss-reactive ketones (excluding diaryl/α,β-unsaturated/α-hetero) is 1. The van der Waals surface area contributed by atoms with Crippen LogP contribution < -0.4 is 0 Å². The lowest BCUT2D eigenvalue weighted by Crippen LogP contribution is -2.36. The number of carbonyl (C=O) groups excluding carboxylic acids is 1. The second-order valence-corrected chi connectivity index (χ2v) is 6.18. The van der Waals surface area contributed by atoms with Gasteiger partial charge in [-0.15, -0.1) is 0 Å². The molecule has 1 aliphatic heterocycles. The molecule has 0 spiro atoms. The van der Waals surface area contributed by atoms with Gasteiger partial charge in [0.1, 0.15) is 5.78 Å². The first-order valence-corrected chi connectivity index (χ1v) is 7.45. The van der Waals surface area contributed by atoms with E-state index < -0.39 is 0 Å². The summed E-state index contributed by atoms with van der Waals surface area (Å²) >= 11 is 0. The minimum atomic E-state index is 0.0408. The molecule has 0 aliphatic carbocycles. The van der Waals surface area contributed by atoms with Crippen LogP contribution in [0.3, 0.4) is 0 Å². The van der Waals surface area contributed by atoms with Gasteiger partial charge in [0, 0.05) is 37.9 Å². The Morgan fingerprint density at radius 2 is 1.80 bits per heavy atom. The maximum Gasteiger partial charge on any atom is 0.135 e. The van der Waals surface area contributed by atoms with Gasteiger partial charge in [0.15, 0.2) is 0 Å². The van der Waals surface area contributed by atoms with Gasteiger partial charge in [-0.2, -0.15) is 0 Å². The van der Waals surface area contributed by atoms with E-state index >= 15 is 0 Å². The average molecular weight is 275 g/mol. The normalized spacial score (nSPS) is 17.4. The van der Waals surface area contributed by atoms with Gasteiger partial charge in [-0.3, -0.25) is 4.79 Å². The van der Waals surface area contributed by atoms with Gasteiger partial charge >= 0.3 is 0 Å². The molecule has 1 aliphatic rings. The third-order valence-electron chi connectivity index (χ3n) is 3.98. The van der Waals surface area contributed by atoms with E-state index in [1.165, 1.54) is 5.56 Å². The van der Waals surface area contributed by atoms with E-state index in [1.54, 1.807) is 0 Å². The van der Waals surface area contributed by atoms with Crippen LogP contribution in [0.15, 0.2) is 30.3 Å². The van der Waals surface area contributed by atoms with Crippen LogP contribution in [0.1, 0.15) is 32.3 Å². The highest BCUT2D eigenvalue weighted by Crippen LogP contribution is 2.22. The SMILES string of the molecule is CC(C)(COCCN1CCC(=O)CC1)c1ccccc1. The molecule has 0 atom stereocenters. The van der Waals surface area contributed by atoms with Crippen molar-refractivity contribution in [3.05, 3.63) is 35.9 Å². The third-order valence-corrected chi connectivity index (χ3v) is 3.98. The largest absolute Gasteiger partial charge is 0.379 e. The van der Waals surface area contributed by atoms with Crippen molar-refractivity contribution in [2.24, 2.45) is 0 Å². The van der Waals surface area contributed by atoms with Crippen molar-refractivity contribution in [2.75, 3.05) is 32.8 Å². The summed E-state index contributed by atoms with van der Waals surface area (Å²) in [5, 5.41) is 0. The Kier molecular flexibility index (Phi) is 5.32. The monoisotopic (exact) mass is 275 g/mol. The van der Waals surface area contributed by atoms with Crippen molar-refractivity contribution in [1.82, 2.24) is 4.90 Å². The molecule has 1 aromatic rings. The summed E-state index contributed by atoms with van der Waals surface area (Å²) in [7, 11) is 0. The number of hydrogen-bond donors (Lipinski definition) is 0. The molecule has 0 N–H and O–H groups in total. The summed E-state index contributed by atoms with van der Waals surface area (Å²) in [5.41, 5.74) is 1.35. The topological polar surface area (TPSA) is 29.5 Å². The van der Waals surface area contributed by atoms with Crippen LogP contribution in [0.5, 0.6) is 0 Å². The molecule has 0 bridgehead atoms. The van der Waals surface area contributed by atoms with Crippen LogP contribution in [0.2, 0.25) is 0 Å². The molecule has 1 aromatic carbocycles. The summed E-state index contributed by atoms with van der Waals surface area (Å²) in [4.78, 5) is 13.5. The van der Waals surface area contributed by atoms with Gasteiger partial charge in [-0.25, -0.2) is 0 Å². The van der Waals surface area contributed by atoms with Gasteiger partial charge in [-0.1, -0.05) is 44.2 Å². The first kappa shape index (κ1) is 15.2. The zero-order valence-electron chi connectivity index (χ0n) is 12.6. The number of likely N-dealkylation sites (tertiary alicyclic amines) is 1. The smallest absolute Gasteiger partial charge is 0.135 e. The van der Waals surface area contributed by atoms with Crippen molar-refractivity contribution >= 4 is 5.78 Å². The molecular weight excluding hydrogens is 250 g/mol. The van der Waals surface area contributed by atoms with Crippen LogP contribution in [0, 0.1) is 0 Å². The molecule has 0 saturated carbocycles. The molecule has 1 saturated heterocycles. The quantitative estimate of drug-likeness (QED) is 0.748. The van der Waals surface area contributed by atoms with Gasteiger partial charge in [0.05, 0.1) is 13.2 Å². The van der Waals surface area contributed by atoms with Gasteiger partial charge in [-0.05, 0) is 5.56 Å². The van der Waals surface area contributed by atoms with E-state index in [-0.39, 0.29) is 5.41 Å². The van der Waals surface area contributed by atoms with Crippen LogP contribution in [-0.2, 0) is 14.9 Å². The predicted octanol–water partition coefficient (Wildman–Crippen LogP) is 2.65. The average Bonchev–Trinajstić information content (AvgIpc) is 2.46. The zero-order valence-corrected chi connectivity index (χ0v) is 12.6. The summed E-state index contributed by atoms with van der Waals surface area (Å²) < 4.78 is 5.86. The Labute approximate surface area is 121 Å². The number of ketones is 1. The number of ether oxygens (including phenoxy) is 1. The Balaban J connectivity index is 1.69. The van der Waals surface area contributed by atoms with E-state index in [1.807, 2.05) is 6.07 Å². The van der Waals surface area contributed by atoms with E-state index in [2.05, 4.69) is 43.0 Å². The Bertz CT molecular complexity index is 418. The lowest BCUT2D eigenvalue weighted by molar-refractivity contribution is -0.121. The summed E-state index contributed by atoms with van der Waals surface area (Å²) in [5.74, 6) is 0.396. The molecule has 0 radical (unpaired) electrons. The van der Waals surface area contributed by atoms with E-state index in [0.717, 1.165) is 32.8 Å². The molecular formula is C17H25NO2. The first-order chi connectivity index (χ1) is 9.58. The molecule has 0 unspecified atom stereocenters. The van der Waals surface area contributed by atoms with Crippen LogP contribution >= 0.6 is 0 Å². The number of hydrogen-bond acceptors (Lipinski definition) is 3. The summed E-state index contributed by atoms with van der Waals surface area (Å²) in [6.45, 7) is 8.60. The number of nitrogens with zero attached hydrogens (tertiary/aromatic N) is 1. The predicted molar refractivity (Wildman–Crippen MR) is 81.0 cm³/mol. The van der Waals surface area contributed by atoms with E-state index in [0.29, 0.717) is 18.6 Å². The second-order valence-electron chi connectivity index (χ2n) is 6.18. The summed E-state index contributed by atoms with van der Waals surface area (Å²) in [6.07, 6.45) is 1.41. The number of piperidine rings is 1. The minimum Gasteiger partial charge on any atom is -0.379 e. The van der Waals surface area contributed by atoms with Crippen LogP contribution in [-0.4, -0.2) is 43.5 Å². The van der Waals surface area contributed by atoms with Crippen molar-refractivity contribution in [3.8, 4) is 0 Å². The van der Waals surface area contributed by atoms with Gasteiger partial charge in [0.25, 0.3) is 0 Å². The van der Waals surface area contributed by atoms with Crippen molar-refractivity contribution < 1.29 is 9.53 Å². The van der Waals surface area contributed by atoms with Crippen LogP contribution in [0.25, 0.3) is 0 Å². The van der Waals surface area contributed by atoms with Crippen molar-refractivity contribution in [3.63, 3.8) is 0 Å². The molecule has 110 valence electrons. The lowest BCUT2D eigenvalue weighted by Gasteiger charge is -2.28. The highest BCUT2D eigenvalue weighted by molar-refractivity contribution is 5.79. The minimum absolute atomic E-state index is 0.0408. The lowest BCUT2D eigenvalue weighted by atomic mass is 9.86. The fourth-order valence-corrected chi connectivity index (χ4v) is 2.52. The molecule has 3 nitrogen and oxygen atoms in total. The third kappa shape index (κ3) is 4.43. The van der Waals surface area contributed by atoms with Gasteiger partial charge < -0.3 is 9.64 Å². The molecule has 1 heterocycles. The maximum atomic E-state index is 11.2. The van der Waals surface area contributed by atoms with Crippen molar-refractivity contribution in [2.45, 2.75) is 32.1 Å². The number of benzene rings is 1. The van der Waals surface area contributed by atoms with Gasteiger partial charge in [0.2, 0.25) is 0 Å². The molecule has 0 amide bonds. The molecule has 2 rings (SSSR count). The fourth-order valence-electron chi connectivity index (χ4n) is 2.52. The highest BCUT2D eigenvalue weighted by atomic mass is 16.5. The molecule has 1 fully saturated rings. The Hall–Kier alpha value is -1.19. The highest BCUT2D eigenvalue weighted by Gasteiger charge is 2.21. The second kappa shape index (κ2) is 7.00. The number of rotatable bonds is 6. The zero-order chi connectivity index (χ0) is 14.4. The van der Waals surface area contributed by atoms with E-state index in [4.69, 9.17) is 4.74 Å². The Morgan fingerprint density at radius 1 is 1.15 bits per heavy atom. The molecule has 3 heteroatoms. The van der Waals surface area contributed by atoms with E-state index in [9.17, 15) is 4.79 Å². The first-order valence-electron chi connectivity index (χ1n) is 7.45. The summed E-state index contributed by atoms with van der Waals surface area (Å²) in [6, 6.07) is 10.5. The Morgan fingerprint density at radius 3 is 2.45 bits per heavy atom. The fraction of sp³-hybridized carbons (Fsp3) is 0.588. The molecule has 20 heavy (non-hydrogen) atoms. The van der Waals surface area contributed by atoms with Crippen LogP contribution in [0.4, 0.5) is 0 Å². The molecule has 0 aromatic heterocycles. The maximum absolute atomic E-state index is 11.2.